The van der Waals surface area contributed by atoms with Gasteiger partial charge in [0.05, 0.1) is 17.6 Å². The number of hydrogen-bond donors (Lipinski definition) is 0. The van der Waals surface area contributed by atoms with E-state index >= 15 is 0 Å². The van der Waals surface area contributed by atoms with Crippen LogP contribution in [0.5, 0.6) is 5.75 Å². The molecule has 122 valence electrons. The number of non-ortho nitro benzene ring substituents is 1. The predicted octanol–water partition coefficient (Wildman–Crippen LogP) is 3.00. The van der Waals surface area contributed by atoms with Crippen LogP contribution in [0.15, 0.2) is 54.6 Å². The molecule has 0 amide bonds. The van der Waals surface area contributed by atoms with Crippen molar-refractivity contribution in [3.05, 3.63) is 75.8 Å². The third-order valence-electron chi connectivity index (χ3n) is 2.97. The van der Waals surface area contributed by atoms with E-state index in [2.05, 4.69) is 4.74 Å². The lowest BCUT2D eigenvalue weighted by atomic mass is 10.2. The van der Waals surface area contributed by atoms with Crippen LogP contribution in [0.4, 0.5) is 5.69 Å². The molecule has 7 heteroatoms. The number of nitro benzene ring substituents is 1. The average Bonchev–Trinajstić information content (AvgIpc) is 2.59. The summed E-state index contributed by atoms with van der Waals surface area (Å²) in [7, 11) is 1.25. The molecule has 2 aromatic rings. The molecular formula is C17H13NO6. The van der Waals surface area contributed by atoms with E-state index < -0.39 is 16.9 Å². The summed E-state index contributed by atoms with van der Waals surface area (Å²) in [4.78, 5) is 33.4. The molecule has 0 spiro atoms. The minimum atomic E-state index is -0.677. The largest absolute Gasteiger partial charge is 0.465 e. The number of hydrogen-bond acceptors (Lipinski definition) is 6. The summed E-state index contributed by atoms with van der Waals surface area (Å²) in [5.41, 5.74) is 0.672. The molecule has 0 radical (unpaired) electrons. The summed E-state index contributed by atoms with van der Waals surface area (Å²) >= 11 is 0. The second-order valence-corrected chi connectivity index (χ2v) is 4.63. The molecule has 0 aliphatic rings. The lowest BCUT2D eigenvalue weighted by molar-refractivity contribution is -0.384. The fourth-order valence-electron chi connectivity index (χ4n) is 1.86. The van der Waals surface area contributed by atoms with E-state index in [9.17, 15) is 19.7 Å². The van der Waals surface area contributed by atoms with Crippen LogP contribution < -0.4 is 4.74 Å². The minimum Gasteiger partial charge on any atom is -0.465 e. The van der Waals surface area contributed by atoms with Gasteiger partial charge in [0.1, 0.15) is 5.75 Å². The highest BCUT2D eigenvalue weighted by molar-refractivity contribution is 5.91. The lowest BCUT2D eigenvalue weighted by Gasteiger charge is -2.03. The van der Waals surface area contributed by atoms with Crippen LogP contribution >= 0.6 is 0 Å². The molecule has 0 aliphatic carbocycles. The Kier molecular flexibility index (Phi) is 5.40. The summed E-state index contributed by atoms with van der Waals surface area (Å²) in [6.45, 7) is 0. The van der Waals surface area contributed by atoms with Gasteiger partial charge in [-0.15, -0.1) is 0 Å². The Morgan fingerprint density at radius 1 is 1.12 bits per heavy atom. The van der Waals surface area contributed by atoms with Crippen LogP contribution in [0.1, 0.15) is 15.9 Å². The van der Waals surface area contributed by atoms with E-state index in [0.717, 1.165) is 6.08 Å². The van der Waals surface area contributed by atoms with Gasteiger partial charge in [-0.2, -0.15) is 0 Å². The highest BCUT2D eigenvalue weighted by Gasteiger charge is 2.08. The van der Waals surface area contributed by atoms with Crippen molar-refractivity contribution >= 4 is 23.7 Å². The smallest absolute Gasteiger partial charge is 0.337 e. The van der Waals surface area contributed by atoms with Gasteiger partial charge >= 0.3 is 11.9 Å². The molecule has 2 aromatic carbocycles. The summed E-state index contributed by atoms with van der Waals surface area (Å²) in [6, 6.07) is 11.8. The van der Waals surface area contributed by atoms with Crippen molar-refractivity contribution in [2.75, 3.05) is 7.11 Å². The first-order chi connectivity index (χ1) is 11.5. The molecule has 2 rings (SSSR count). The van der Waals surface area contributed by atoms with Crippen molar-refractivity contribution in [1.82, 2.24) is 0 Å². The highest BCUT2D eigenvalue weighted by atomic mass is 16.6. The Labute approximate surface area is 137 Å². The molecule has 0 aliphatic heterocycles. The zero-order valence-corrected chi connectivity index (χ0v) is 12.7. The Morgan fingerprint density at radius 3 is 2.58 bits per heavy atom. The van der Waals surface area contributed by atoms with Crippen molar-refractivity contribution in [2.45, 2.75) is 0 Å². The normalized spacial score (nSPS) is 10.4. The molecule has 0 fully saturated rings. The number of benzene rings is 2. The number of esters is 2. The zero-order valence-electron chi connectivity index (χ0n) is 12.7. The van der Waals surface area contributed by atoms with Gasteiger partial charge in [-0.1, -0.05) is 18.2 Å². The minimum absolute atomic E-state index is 0.0729. The molecule has 0 atom stereocenters. The van der Waals surface area contributed by atoms with Crippen LogP contribution in [-0.2, 0) is 9.53 Å². The predicted molar refractivity (Wildman–Crippen MR) is 85.5 cm³/mol. The van der Waals surface area contributed by atoms with Crippen molar-refractivity contribution in [3.63, 3.8) is 0 Å². The van der Waals surface area contributed by atoms with Crippen LogP contribution in [0, 0.1) is 10.1 Å². The van der Waals surface area contributed by atoms with Crippen molar-refractivity contribution in [2.24, 2.45) is 0 Å². The Bertz CT molecular complexity index is 812. The van der Waals surface area contributed by atoms with E-state index in [1.165, 1.54) is 49.6 Å². The molecule has 0 saturated carbocycles. The zero-order chi connectivity index (χ0) is 17.5. The maximum atomic E-state index is 11.8. The fourth-order valence-corrected chi connectivity index (χ4v) is 1.86. The molecule has 0 saturated heterocycles. The van der Waals surface area contributed by atoms with Crippen LogP contribution in [0.3, 0.4) is 0 Å². The summed E-state index contributed by atoms with van der Waals surface area (Å²) in [5.74, 6) is -1.03. The lowest BCUT2D eigenvalue weighted by Crippen LogP contribution is -2.06. The van der Waals surface area contributed by atoms with Gasteiger partial charge in [0.15, 0.2) is 0 Å². The quantitative estimate of drug-likeness (QED) is 0.275. The summed E-state index contributed by atoms with van der Waals surface area (Å²) < 4.78 is 9.67. The van der Waals surface area contributed by atoms with Crippen molar-refractivity contribution < 1.29 is 24.0 Å². The van der Waals surface area contributed by atoms with Gasteiger partial charge in [-0.25, -0.2) is 9.59 Å². The maximum Gasteiger partial charge on any atom is 0.337 e. The number of nitrogens with zero attached hydrogens (tertiary/aromatic N) is 1. The van der Waals surface area contributed by atoms with E-state index in [-0.39, 0.29) is 17.0 Å². The van der Waals surface area contributed by atoms with Crippen molar-refractivity contribution in [1.29, 1.82) is 0 Å². The second-order valence-electron chi connectivity index (χ2n) is 4.63. The van der Waals surface area contributed by atoms with Gasteiger partial charge in [0.2, 0.25) is 0 Å². The number of rotatable bonds is 5. The molecular weight excluding hydrogens is 314 g/mol. The molecule has 7 nitrogen and oxygen atoms in total. The van der Waals surface area contributed by atoms with Gasteiger partial charge in [-0.05, 0) is 29.8 Å². The van der Waals surface area contributed by atoms with Crippen molar-refractivity contribution in [3.8, 4) is 5.75 Å². The topological polar surface area (TPSA) is 95.7 Å². The standard InChI is InChI=1S/C17H13NO6/c1-23-17(20)13-5-3-7-15(11-13)24-16(19)9-8-12-4-2-6-14(10-12)18(21)22/h2-11H,1H3/b9-8+. The second kappa shape index (κ2) is 7.68. The molecule has 0 unspecified atom stereocenters. The fraction of sp³-hybridized carbons (Fsp3) is 0.0588. The molecule has 0 heterocycles. The molecule has 0 bridgehead atoms. The first-order valence-corrected chi connectivity index (χ1v) is 6.82. The highest BCUT2D eigenvalue weighted by Crippen LogP contribution is 2.16. The van der Waals surface area contributed by atoms with E-state index in [1.54, 1.807) is 12.1 Å². The Balaban J connectivity index is 2.07. The average molecular weight is 327 g/mol. The van der Waals surface area contributed by atoms with Gasteiger partial charge in [-0.3, -0.25) is 10.1 Å². The number of methoxy groups -OCH3 is 1. The third-order valence-corrected chi connectivity index (χ3v) is 2.97. The first kappa shape index (κ1) is 16.9. The molecule has 0 aromatic heterocycles. The Morgan fingerprint density at radius 2 is 1.88 bits per heavy atom. The van der Waals surface area contributed by atoms with Crippen LogP contribution in [0.2, 0.25) is 0 Å². The van der Waals surface area contributed by atoms with Gasteiger partial charge in [0.25, 0.3) is 5.69 Å². The first-order valence-electron chi connectivity index (χ1n) is 6.82. The summed E-state index contributed by atoms with van der Waals surface area (Å²) in [5, 5.41) is 10.7. The Hall–Kier alpha value is -3.48. The van der Waals surface area contributed by atoms with E-state index in [0.29, 0.717) is 5.56 Å². The number of carbonyl (C=O) groups excluding carboxylic acids is 2. The number of ether oxygens (including phenoxy) is 2. The van der Waals surface area contributed by atoms with Gasteiger partial charge < -0.3 is 9.47 Å². The molecule has 24 heavy (non-hydrogen) atoms. The van der Waals surface area contributed by atoms with Crippen LogP contribution in [-0.4, -0.2) is 24.0 Å². The number of carbonyl (C=O) groups is 2. The third kappa shape index (κ3) is 4.51. The van der Waals surface area contributed by atoms with Gasteiger partial charge in [0, 0.05) is 18.2 Å². The SMILES string of the molecule is COC(=O)c1cccc(OC(=O)/C=C/c2cccc([N+](=O)[O-])c2)c1. The monoisotopic (exact) mass is 327 g/mol. The van der Waals surface area contributed by atoms with E-state index in [4.69, 9.17) is 4.74 Å². The number of nitro groups is 1. The maximum absolute atomic E-state index is 11.8. The summed E-state index contributed by atoms with van der Waals surface area (Å²) in [6.07, 6.45) is 2.55. The van der Waals surface area contributed by atoms with E-state index in [1.807, 2.05) is 0 Å². The molecule has 0 N–H and O–H groups in total. The van der Waals surface area contributed by atoms with Crippen LogP contribution in [0.25, 0.3) is 6.08 Å².